The molecule has 1 rings (SSSR count). The van der Waals surface area contributed by atoms with Crippen LogP contribution in [0.4, 0.5) is 0 Å². The first-order chi connectivity index (χ1) is 7.04. The van der Waals surface area contributed by atoms with Crippen LogP contribution in [0.1, 0.15) is 18.1 Å². The average molecular weight is 229 g/mol. The number of hydrogen-bond donors (Lipinski definition) is 1. The van der Waals surface area contributed by atoms with Gasteiger partial charge < -0.3 is 9.84 Å². The van der Waals surface area contributed by atoms with Crippen LogP contribution in [0.25, 0.3) is 0 Å². The molecule has 0 bridgehead atoms. The number of benzene rings is 1. The van der Waals surface area contributed by atoms with Crippen molar-refractivity contribution in [2.45, 2.75) is 20.3 Å². The molecule has 0 aliphatic heterocycles. The molecule has 15 heavy (non-hydrogen) atoms. The van der Waals surface area contributed by atoms with E-state index in [1.165, 1.54) is 0 Å². The summed E-state index contributed by atoms with van der Waals surface area (Å²) in [6.07, 6.45) is -0.0727. The van der Waals surface area contributed by atoms with Crippen molar-refractivity contribution >= 4 is 17.6 Å². The molecule has 0 saturated carbocycles. The first-order valence-corrected chi connectivity index (χ1v) is 5.06. The number of carboxylic acids is 1. The maximum atomic E-state index is 10.6. The van der Waals surface area contributed by atoms with Gasteiger partial charge in [-0.15, -0.1) is 0 Å². The first kappa shape index (κ1) is 11.9. The average Bonchev–Trinajstić information content (AvgIpc) is 2.10. The molecule has 1 aromatic rings. The monoisotopic (exact) mass is 228 g/mol. The standard InChI is InChI=1S/C11H13ClO3/c1-3-15-11-7(2)4-9(12)5-8(11)6-10(13)14/h4-5H,3,6H2,1-2H3,(H,13,14). The summed E-state index contributed by atoms with van der Waals surface area (Å²) in [6, 6.07) is 3.39. The van der Waals surface area contributed by atoms with Crippen molar-refractivity contribution in [2.24, 2.45) is 0 Å². The van der Waals surface area contributed by atoms with Gasteiger partial charge in [-0.2, -0.15) is 0 Å². The van der Waals surface area contributed by atoms with Crippen LogP contribution in [0.2, 0.25) is 5.02 Å². The van der Waals surface area contributed by atoms with E-state index in [9.17, 15) is 4.79 Å². The summed E-state index contributed by atoms with van der Waals surface area (Å²) in [7, 11) is 0. The Morgan fingerprint density at radius 3 is 2.73 bits per heavy atom. The third-order valence-electron chi connectivity index (χ3n) is 1.95. The van der Waals surface area contributed by atoms with Gasteiger partial charge in [0.1, 0.15) is 5.75 Å². The van der Waals surface area contributed by atoms with Gasteiger partial charge in [-0.3, -0.25) is 4.79 Å². The van der Waals surface area contributed by atoms with Crippen molar-refractivity contribution in [1.29, 1.82) is 0 Å². The molecule has 0 aromatic heterocycles. The molecule has 0 unspecified atom stereocenters. The van der Waals surface area contributed by atoms with Gasteiger partial charge in [-0.25, -0.2) is 0 Å². The second-order valence-electron chi connectivity index (χ2n) is 3.21. The molecule has 4 heteroatoms. The Morgan fingerprint density at radius 1 is 1.53 bits per heavy atom. The molecule has 0 atom stereocenters. The summed E-state index contributed by atoms with van der Waals surface area (Å²) >= 11 is 5.86. The predicted molar refractivity (Wildman–Crippen MR) is 58.7 cm³/mol. The number of hydrogen-bond acceptors (Lipinski definition) is 2. The SMILES string of the molecule is CCOc1c(C)cc(Cl)cc1CC(=O)O. The van der Waals surface area contributed by atoms with Crippen LogP contribution in [-0.2, 0) is 11.2 Å². The molecule has 0 heterocycles. The van der Waals surface area contributed by atoms with Crippen molar-refractivity contribution in [3.63, 3.8) is 0 Å². The highest BCUT2D eigenvalue weighted by molar-refractivity contribution is 6.30. The van der Waals surface area contributed by atoms with E-state index in [1.807, 2.05) is 13.8 Å². The minimum atomic E-state index is -0.891. The van der Waals surface area contributed by atoms with E-state index in [1.54, 1.807) is 12.1 Å². The Morgan fingerprint density at radius 2 is 2.20 bits per heavy atom. The first-order valence-electron chi connectivity index (χ1n) is 4.68. The molecule has 3 nitrogen and oxygen atoms in total. The third kappa shape index (κ3) is 3.13. The van der Waals surface area contributed by atoms with Gasteiger partial charge >= 0.3 is 5.97 Å². The third-order valence-corrected chi connectivity index (χ3v) is 2.16. The van der Waals surface area contributed by atoms with Gasteiger partial charge in [-0.05, 0) is 31.5 Å². The number of halogens is 1. The summed E-state index contributed by atoms with van der Waals surface area (Å²) in [5, 5.41) is 9.28. The van der Waals surface area contributed by atoms with E-state index < -0.39 is 5.97 Å². The lowest BCUT2D eigenvalue weighted by molar-refractivity contribution is -0.136. The number of aryl methyl sites for hydroxylation is 1. The number of carbonyl (C=O) groups is 1. The normalized spacial score (nSPS) is 10.1. The second-order valence-corrected chi connectivity index (χ2v) is 3.65. The van der Waals surface area contributed by atoms with Crippen LogP contribution in [0.5, 0.6) is 5.75 Å². The zero-order valence-corrected chi connectivity index (χ0v) is 9.47. The van der Waals surface area contributed by atoms with Crippen molar-refractivity contribution < 1.29 is 14.6 Å². The molecule has 0 spiro atoms. The number of ether oxygens (including phenoxy) is 1. The van der Waals surface area contributed by atoms with Crippen molar-refractivity contribution in [3.05, 3.63) is 28.3 Å². The van der Waals surface area contributed by atoms with Crippen LogP contribution in [0.15, 0.2) is 12.1 Å². The van der Waals surface area contributed by atoms with Crippen molar-refractivity contribution in [1.82, 2.24) is 0 Å². The smallest absolute Gasteiger partial charge is 0.307 e. The summed E-state index contributed by atoms with van der Waals surface area (Å²) in [5.74, 6) is -0.262. The lowest BCUT2D eigenvalue weighted by Gasteiger charge is -2.12. The summed E-state index contributed by atoms with van der Waals surface area (Å²) in [4.78, 5) is 10.6. The van der Waals surface area contributed by atoms with Gasteiger partial charge in [0.05, 0.1) is 13.0 Å². The van der Waals surface area contributed by atoms with E-state index in [0.29, 0.717) is 22.9 Å². The lowest BCUT2D eigenvalue weighted by Crippen LogP contribution is -2.05. The van der Waals surface area contributed by atoms with Gasteiger partial charge in [-0.1, -0.05) is 11.6 Å². The second kappa shape index (κ2) is 5.03. The molecule has 82 valence electrons. The summed E-state index contributed by atoms with van der Waals surface area (Å²) in [5.41, 5.74) is 1.48. The van der Waals surface area contributed by atoms with Crippen LogP contribution in [-0.4, -0.2) is 17.7 Å². The summed E-state index contributed by atoms with van der Waals surface area (Å²) < 4.78 is 5.40. The van der Waals surface area contributed by atoms with E-state index in [2.05, 4.69) is 0 Å². The van der Waals surface area contributed by atoms with E-state index in [4.69, 9.17) is 21.4 Å². The zero-order valence-electron chi connectivity index (χ0n) is 8.71. The minimum absolute atomic E-state index is 0.0727. The highest BCUT2D eigenvalue weighted by atomic mass is 35.5. The molecule has 0 aliphatic carbocycles. The van der Waals surface area contributed by atoms with Gasteiger partial charge in [0, 0.05) is 10.6 Å². The fraction of sp³-hybridized carbons (Fsp3) is 0.364. The highest BCUT2D eigenvalue weighted by Gasteiger charge is 2.11. The van der Waals surface area contributed by atoms with E-state index >= 15 is 0 Å². The Hall–Kier alpha value is -1.22. The molecule has 0 fully saturated rings. The van der Waals surface area contributed by atoms with Crippen molar-refractivity contribution in [2.75, 3.05) is 6.61 Å². The van der Waals surface area contributed by atoms with Gasteiger partial charge in [0.25, 0.3) is 0 Å². The lowest BCUT2D eigenvalue weighted by atomic mass is 10.1. The molecule has 0 amide bonds. The highest BCUT2D eigenvalue weighted by Crippen LogP contribution is 2.28. The maximum Gasteiger partial charge on any atom is 0.307 e. The molecular formula is C11H13ClO3. The number of carboxylic acid groups (broad SMARTS) is 1. The molecule has 1 aromatic carbocycles. The minimum Gasteiger partial charge on any atom is -0.493 e. The van der Waals surface area contributed by atoms with E-state index in [0.717, 1.165) is 5.56 Å². The molecule has 1 N–H and O–H groups in total. The largest absolute Gasteiger partial charge is 0.493 e. The molecule has 0 aliphatic rings. The van der Waals surface area contributed by atoms with Crippen LogP contribution in [0, 0.1) is 6.92 Å². The zero-order chi connectivity index (χ0) is 11.4. The van der Waals surface area contributed by atoms with E-state index in [-0.39, 0.29) is 6.42 Å². The van der Waals surface area contributed by atoms with Crippen LogP contribution < -0.4 is 4.74 Å². The van der Waals surface area contributed by atoms with Crippen LogP contribution in [0.3, 0.4) is 0 Å². The Bertz CT molecular complexity index is 374. The van der Waals surface area contributed by atoms with Gasteiger partial charge in [0.2, 0.25) is 0 Å². The maximum absolute atomic E-state index is 10.6. The van der Waals surface area contributed by atoms with Crippen LogP contribution >= 0.6 is 11.6 Å². The number of aliphatic carboxylic acids is 1. The Kier molecular flexibility index (Phi) is 3.97. The predicted octanol–water partition coefficient (Wildman–Crippen LogP) is 2.67. The fourth-order valence-electron chi connectivity index (χ4n) is 1.44. The Labute approximate surface area is 93.6 Å². The number of rotatable bonds is 4. The Balaban J connectivity index is 3.13. The topological polar surface area (TPSA) is 46.5 Å². The fourth-order valence-corrected chi connectivity index (χ4v) is 1.74. The molecule has 0 radical (unpaired) electrons. The quantitative estimate of drug-likeness (QED) is 0.862. The molecular weight excluding hydrogens is 216 g/mol. The molecule has 0 saturated heterocycles. The summed E-state index contributed by atoms with van der Waals surface area (Å²) in [6.45, 7) is 4.22. The van der Waals surface area contributed by atoms with Gasteiger partial charge in [0.15, 0.2) is 0 Å². The van der Waals surface area contributed by atoms with Crippen molar-refractivity contribution in [3.8, 4) is 5.75 Å².